The van der Waals surface area contributed by atoms with Gasteiger partial charge in [0.15, 0.2) is 11.5 Å². The lowest BCUT2D eigenvalue weighted by atomic mass is 9.98. The fraction of sp³-hybridized carbons (Fsp3) is 0.364. The molecule has 2 rings (SSSR count). The minimum Gasteiger partial charge on any atom is -0.504 e. The van der Waals surface area contributed by atoms with Gasteiger partial charge in [-0.25, -0.2) is 0 Å². The summed E-state index contributed by atoms with van der Waals surface area (Å²) in [7, 11) is 1.56. The van der Waals surface area contributed by atoms with Crippen molar-refractivity contribution >= 4 is 6.21 Å². The summed E-state index contributed by atoms with van der Waals surface area (Å²) in [5.74, 6) is 0.707. The summed E-state index contributed by atoms with van der Waals surface area (Å²) in [6.07, 6.45) is 2.71. The van der Waals surface area contributed by atoms with Gasteiger partial charge >= 0.3 is 0 Å². The number of aromatic hydroxyl groups is 1. The zero-order chi connectivity index (χ0) is 10.1. The van der Waals surface area contributed by atoms with Crippen LogP contribution in [0, 0.1) is 0 Å². The highest BCUT2D eigenvalue weighted by molar-refractivity contribution is 5.84. The molecule has 0 saturated carbocycles. The minimum atomic E-state index is 0.173. The summed E-state index contributed by atoms with van der Waals surface area (Å²) in [5.41, 5.74) is 2.17. The molecule has 0 amide bonds. The van der Waals surface area contributed by atoms with Crippen LogP contribution in [-0.4, -0.2) is 24.5 Å². The fourth-order valence-electron chi connectivity index (χ4n) is 1.67. The zero-order valence-corrected chi connectivity index (χ0v) is 8.32. The second-order valence-corrected chi connectivity index (χ2v) is 3.55. The summed E-state index contributed by atoms with van der Waals surface area (Å²) in [4.78, 5) is 4.29. The van der Waals surface area contributed by atoms with E-state index in [0.29, 0.717) is 11.8 Å². The zero-order valence-electron chi connectivity index (χ0n) is 8.32. The van der Waals surface area contributed by atoms with Crippen molar-refractivity contribution in [3.05, 3.63) is 23.3 Å². The summed E-state index contributed by atoms with van der Waals surface area (Å²) >= 11 is 0. The highest BCUT2D eigenvalue weighted by atomic mass is 16.5. The Kier molecular flexibility index (Phi) is 2.15. The number of aliphatic imine (C=N–C) groups is 1. The van der Waals surface area contributed by atoms with Crippen molar-refractivity contribution < 1.29 is 9.84 Å². The number of hydrogen-bond acceptors (Lipinski definition) is 3. The molecule has 0 radical (unpaired) electrons. The molecule has 1 heterocycles. The van der Waals surface area contributed by atoms with Gasteiger partial charge in [-0.3, -0.25) is 4.99 Å². The first-order valence-corrected chi connectivity index (χ1v) is 4.63. The van der Waals surface area contributed by atoms with E-state index in [9.17, 15) is 5.11 Å². The van der Waals surface area contributed by atoms with Crippen LogP contribution in [0.25, 0.3) is 0 Å². The molecule has 0 aromatic heterocycles. The maximum absolute atomic E-state index is 9.55. The van der Waals surface area contributed by atoms with Crippen LogP contribution < -0.4 is 4.74 Å². The predicted octanol–water partition coefficient (Wildman–Crippen LogP) is 1.76. The third kappa shape index (κ3) is 1.45. The molecule has 74 valence electrons. The second kappa shape index (κ2) is 3.33. The Morgan fingerprint density at radius 1 is 1.50 bits per heavy atom. The Bertz CT molecular complexity index is 385. The van der Waals surface area contributed by atoms with E-state index in [1.54, 1.807) is 13.2 Å². The smallest absolute Gasteiger partial charge is 0.160 e. The first kappa shape index (κ1) is 9.06. The van der Waals surface area contributed by atoms with Gasteiger partial charge in [-0.15, -0.1) is 0 Å². The van der Waals surface area contributed by atoms with Gasteiger partial charge in [-0.2, -0.15) is 0 Å². The van der Waals surface area contributed by atoms with E-state index in [1.165, 1.54) is 5.56 Å². The maximum atomic E-state index is 9.55. The number of benzene rings is 1. The van der Waals surface area contributed by atoms with E-state index in [0.717, 1.165) is 12.0 Å². The molecule has 14 heavy (non-hydrogen) atoms. The third-order valence-electron chi connectivity index (χ3n) is 2.42. The third-order valence-corrected chi connectivity index (χ3v) is 2.42. The number of fused-ring (bicyclic) bond motifs is 1. The molecular weight excluding hydrogens is 178 g/mol. The average Bonchev–Trinajstić information content (AvgIpc) is 2.17. The van der Waals surface area contributed by atoms with E-state index >= 15 is 0 Å². The molecule has 0 spiro atoms. The van der Waals surface area contributed by atoms with Gasteiger partial charge in [0.25, 0.3) is 0 Å². The summed E-state index contributed by atoms with van der Waals surface area (Å²) in [5, 5.41) is 9.55. The number of methoxy groups -OCH3 is 1. The van der Waals surface area contributed by atoms with Gasteiger partial charge in [0, 0.05) is 6.21 Å². The number of rotatable bonds is 1. The molecular formula is C11H13NO2. The number of nitrogens with zero attached hydrogens (tertiary/aromatic N) is 1. The molecule has 1 aliphatic heterocycles. The first-order chi connectivity index (χ1) is 6.70. The van der Waals surface area contributed by atoms with E-state index < -0.39 is 0 Å². The molecule has 1 unspecified atom stereocenters. The van der Waals surface area contributed by atoms with Crippen molar-refractivity contribution in [2.45, 2.75) is 19.4 Å². The monoisotopic (exact) mass is 191 g/mol. The Morgan fingerprint density at radius 2 is 2.29 bits per heavy atom. The topological polar surface area (TPSA) is 41.8 Å². The average molecular weight is 191 g/mol. The van der Waals surface area contributed by atoms with Crippen molar-refractivity contribution in [3.63, 3.8) is 0 Å². The largest absolute Gasteiger partial charge is 0.504 e. The van der Waals surface area contributed by atoms with E-state index in [-0.39, 0.29) is 5.75 Å². The van der Waals surface area contributed by atoms with Crippen LogP contribution in [-0.2, 0) is 6.42 Å². The summed E-state index contributed by atoms with van der Waals surface area (Å²) in [6.45, 7) is 2.07. The van der Waals surface area contributed by atoms with Crippen molar-refractivity contribution in [1.82, 2.24) is 0 Å². The molecule has 1 aliphatic rings. The molecule has 1 aromatic rings. The van der Waals surface area contributed by atoms with E-state index in [2.05, 4.69) is 11.9 Å². The minimum absolute atomic E-state index is 0.173. The Hall–Kier alpha value is -1.51. The highest BCUT2D eigenvalue weighted by Crippen LogP contribution is 2.30. The van der Waals surface area contributed by atoms with Crippen molar-refractivity contribution in [1.29, 1.82) is 0 Å². The standard InChI is InChI=1S/C11H13NO2/c1-7-3-8-5-11(14-2)10(13)4-9(8)6-12-7/h4-7,13H,3H2,1-2H3. The van der Waals surface area contributed by atoms with E-state index in [1.807, 2.05) is 12.3 Å². The van der Waals surface area contributed by atoms with Gasteiger partial charge < -0.3 is 9.84 Å². The molecule has 0 fully saturated rings. The van der Waals surface area contributed by atoms with Crippen LogP contribution >= 0.6 is 0 Å². The molecule has 0 aliphatic carbocycles. The predicted molar refractivity (Wildman–Crippen MR) is 55.4 cm³/mol. The number of phenolic OH excluding ortho intramolecular Hbond substituents is 1. The summed E-state index contributed by atoms with van der Waals surface area (Å²) in [6, 6.07) is 3.90. The van der Waals surface area contributed by atoms with Crippen molar-refractivity contribution in [3.8, 4) is 11.5 Å². The van der Waals surface area contributed by atoms with Gasteiger partial charge in [-0.1, -0.05) is 0 Å². The number of hydrogen-bond donors (Lipinski definition) is 1. The van der Waals surface area contributed by atoms with Crippen molar-refractivity contribution in [2.75, 3.05) is 7.11 Å². The van der Waals surface area contributed by atoms with Gasteiger partial charge in [0.2, 0.25) is 0 Å². The number of phenols is 1. The lowest BCUT2D eigenvalue weighted by Gasteiger charge is -2.16. The molecule has 1 atom stereocenters. The van der Waals surface area contributed by atoms with Crippen LogP contribution in [0.15, 0.2) is 17.1 Å². The lowest BCUT2D eigenvalue weighted by Crippen LogP contribution is -2.11. The van der Waals surface area contributed by atoms with Crippen LogP contribution in [0.2, 0.25) is 0 Å². The lowest BCUT2D eigenvalue weighted by molar-refractivity contribution is 0.372. The van der Waals surface area contributed by atoms with Gasteiger partial charge in [0.05, 0.1) is 13.2 Å². The SMILES string of the molecule is COc1cc2c(cc1O)C=NC(C)C2. The number of ether oxygens (including phenoxy) is 1. The molecule has 0 bridgehead atoms. The molecule has 1 N–H and O–H groups in total. The quantitative estimate of drug-likeness (QED) is 0.735. The van der Waals surface area contributed by atoms with E-state index in [4.69, 9.17) is 4.74 Å². The Balaban J connectivity index is 2.48. The Morgan fingerprint density at radius 3 is 3.00 bits per heavy atom. The first-order valence-electron chi connectivity index (χ1n) is 4.63. The van der Waals surface area contributed by atoms with Crippen LogP contribution in [0.5, 0.6) is 11.5 Å². The molecule has 1 aromatic carbocycles. The summed E-state index contributed by atoms with van der Waals surface area (Å²) < 4.78 is 5.05. The van der Waals surface area contributed by atoms with Crippen molar-refractivity contribution in [2.24, 2.45) is 4.99 Å². The maximum Gasteiger partial charge on any atom is 0.160 e. The fourth-order valence-corrected chi connectivity index (χ4v) is 1.67. The normalized spacial score (nSPS) is 19.1. The van der Waals surface area contributed by atoms with Crippen LogP contribution in [0.3, 0.4) is 0 Å². The highest BCUT2D eigenvalue weighted by Gasteiger charge is 2.14. The second-order valence-electron chi connectivity index (χ2n) is 3.55. The van der Waals surface area contributed by atoms with Crippen LogP contribution in [0.1, 0.15) is 18.1 Å². The molecule has 3 nitrogen and oxygen atoms in total. The van der Waals surface area contributed by atoms with Gasteiger partial charge in [0.1, 0.15) is 0 Å². The molecule has 3 heteroatoms. The van der Waals surface area contributed by atoms with Gasteiger partial charge in [-0.05, 0) is 36.6 Å². The molecule has 0 saturated heterocycles. The van der Waals surface area contributed by atoms with Crippen LogP contribution in [0.4, 0.5) is 0 Å². The Labute approximate surface area is 83.1 Å².